The van der Waals surface area contributed by atoms with Gasteiger partial charge in [0.05, 0.1) is 0 Å². The molecule has 0 N–H and O–H groups in total. The van der Waals surface area contributed by atoms with Crippen molar-refractivity contribution in [2.24, 2.45) is 0 Å². The predicted molar refractivity (Wildman–Crippen MR) is 73.6 cm³/mol. The fourth-order valence-corrected chi connectivity index (χ4v) is 4.37. The van der Waals surface area contributed by atoms with Crippen LogP contribution in [0.4, 0.5) is 0 Å². The molecule has 0 amide bonds. The lowest BCUT2D eigenvalue weighted by Gasteiger charge is -2.25. The fourth-order valence-electron chi connectivity index (χ4n) is 1.47. The topological polar surface area (TPSA) is 61.8 Å². The van der Waals surface area contributed by atoms with Crippen molar-refractivity contribution in [1.29, 1.82) is 0 Å². The van der Waals surface area contributed by atoms with Gasteiger partial charge in [0.15, 0.2) is 0 Å². The van der Waals surface area contributed by atoms with Crippen LogP contribution in [0.15, 0.2) is 0 Å². The minimum Gasteiger partial charge on any atom is -0.377 e. The van der Waals surface area contributed by atoms with E-state index in [1.807, 2.05) is 6.92 Å². The van der Waals surface area contributed by atoms with E-state index >= 15 is 0 Å². The van der Waals surface area contributed by atoms with Crippen molar-refractivity contribution in [3.63, 3.8) is 0 Å². The van der Waals surface area contributed by atoms with Crippen LogP contribution in [0.3, 0.4) is 0 Å². The van der Waals surface area contributed by atoms with E-state index in [1.165, 1.54) is 6.92 Å². The quantitative estimate of drug-likeness (QED) is 0.478. The second-order valence-corrected chi connectivity index (χ2v) is 8.19. The van der Waals surface area contributed by atoms with Gasteiger partial charge in [-0.05, 0) is 12.8 Å². The lowest BCUT2D eigenvalue weighted by Crippen LogP contribution is -2.43. The van der Waals surface area contributed by atoms with E-state index in [1.54, 1.807) is 21.3 Å². The maximum atomic E-state index is 11.4. The second kappa shape index (κ2) is 8.81. The number of thioether (sulfide) groups is 1. The summed E-state index contributed by atoms with van der Waals surface area (Å²) in [5.74, 6) is -0.410. The summed E-state index contributed by atoms with van der Waals surface area (Å²) in [4.78, 5) is 22.3. The highest BCUT2D eigenvalue weighted by Gasteiger charge is 2.38. The third-order valence-corrected chi connectivity index (χ3v) is 6.89. The molecule has 0 aliphatic heterocycles. The molecule has 7 heteroatoms. The molecule has 0 aliphatic carbocycles. The number of carbonyl (C=O) groups excluding carboxylic acids is 2. The smallest absolute Gasteiger partial charge is 0.377 e. The summed E-state index contributed by atoms with van der Waals surface area (Å²) in [5.41, 5.74) is 0. The monoisotopic (exact) mass is 294 g/mol. The van der Waals surface area contributed by atoms with E-state index in [9.17, 15) is 9.59 Å². The number of Topliss-reactive ketones (excluding diaryl/α,β-unsaturated/α-hetero) is 1. The van der Waals surface area contributed by atoms with Crippen molar-refractivity contribution in [2.75, 3.05) is 21.3 Å². The van der Waals surface area contributed by atoms with E-state index in [4.69, 9.17) is 13.3 Å². The molecule has 0 spiro atoms. The van der Waals surface area contributed by atoms with Crippen molar-refractivity contribution >= 4 is 31.5 Å². The number of rotatable bonds is 9. The highest BCUT2D eigenvalue weighted by Crippen LogP contribution is 2.25. The molecule has 0 aromatic heterocycles. The van der Waals surface area contributed by atoms with Gasteiger partial charge in [-0.25, -0.2) is 0 Å². The largest absolute Gasteiger partial charge is 0.500 e. The summed E-state index contributed by atoms with van der Waals surface area (Å²) >= 11 is 1.09. The fraction of sp³-hybridized carbons (Fsp3) is 0.818. The standard InChI is InChI=1S/C11H22O5SSi/c1-6-10(17-11(13)9(2)12)7-8-18(14-3,15-4)16-5/h10H,6-8H2,1-5H3. The van der Waals surface area contributed by atoms with Crippen molar-refractivity contribution in [2.45, 2.75) is 38.0 Å². The molecular weight excluding hydrogens is 272 g/mol. The third-order valence-electron chi connectivity index (χ3n) is 2.72. The van der Waals surface area contributed by atoms with Crippen LogP contribution in [-0.4, -0.2) is 46.3 Å². The molecule has 18 heavy (non-hydrogen) atoms. The molecule has 1 atom stereocenters. The van der Waals surface area contributed by atoms with Gasteiger partial charge in [-0.3, -0.25) is 9.59 Å². The number of ketones is 1. The van der Waals surface area contributed by atoms with Gasteiger partial charge >= 0.3 is 8.80 Å². The van der Waals surface area contributed by atoms with Crippen LogP contribution in [0, 0.1) is 0 Å². The molecule has 0 aromatic rings. The summed E-state index contributed by atoms with van der Waals surface area (Å²) in [6.45, 7) is 3.28. The Balaban J connectivity index is 4.37. The summed E-state index contributed by atoms with van der Waals surface area (Å²) in [6, 6.07) is 0.632. The summed E-state index contributed by atoms with van der Waals surface area (Å²) in [7, 11) is 2.11. The maximum absolute atomic E-state index is 11.4. The molecule has 0 radical (unpaired) electrons. The number of hydrogen-bond acceptors (Lipinski definition) is 6. The average molecular weight is 294 g/mol. The molecule has 5 nitrogen and oxygen atoms in total. The minimum atomic E-state index is -2.58. The van der Waals surface area contributed by atoms with E-state index < -0.39 is 14.6 Å². The van der Waals surface area contributed by atoms with Gasteiger partial charge in [0, 0.05) is 39.5 Å². The molecular formula is C11H22O5SSi. The maximum Gasteiger partial charge on any atom is 0.500 e. The number of hydrogen-bond donors (Lipinski definition) is 0. The highest BCUT2D eigenvalue weighted by atomic mass is 32.2. The zero-order valence-corrected chi connectivity index (χ0v) is 13.5. The van der Waals surface area contributed by atoms with Gasteiger partial charge < -0.3 is 13.3 Å². The normalized spacial score (nSPS) is 13.4. The Morgan fingerprint density at radius 3 is 2.00 bits per heavy atom. The Labute approximate surface area is 114 Å². The van der Waals surface area contributed by atoms with Gasteiger partial charge in [0.25, 0.3) is 5.12 Å². The predicted octanol–water partition coefficient (Wildman–Crippen LogP) is 1.88. The van der Waals surface area contributed by atoms with Crippen LogP contribution < -0.4 is 0 Å². The van der Waals surface area contributed by atoms with Crippen molar-refractivity contribution in [1.82, 2.24) is 0 Å². The summed E-state index contributed by atoms with van der Waals surface area (Å²) in [6.07, 6.45) is 1.53. The lowest BCUT2D eigenvalue weighted by molar-refractivity contribution is -0.130. The van der Waals surface area contributed by atoms with E-state index in [-0.39, 0.29) is 10.4 Å². The van der Waals surface area contributed by atoms with Crippen LogP contribution in [0.2, 0.25) is 6.04 Å². The van der Waals surface area contributed by atoms with Crippen molar-refractivity contribution < 1.29 is 22.9 Å². The Kier molecular flexibility index (Phi) is 8.71. The lowest BCUT2D eigenvalue weighted by atomic mass is 10.3. The van der Waals surface area contributed by atoms with Crippen LogP contribution in [-0.2, 0) is 22.9 Å². The molecule has 0 rings (SSSR count). The minimum absolute atomic E-state index is 0.0914. The van der Waals surface area contributed by atoms with Crippen LogP contribution >= 0.6 is 11.8 Å². The van der Waals surface area contributed by atoms with Crippen LogP contribution in [0.5, 0.6) is 0 Å². The second-order valence-electron chi connectivity index (χ2n) is 3.83. The number of carbonyl (C=O) groups is 2. The van der Waals surface area contributed by atoms with Gasteiger partial charge in [0.1, 0.15) is 0 Å². The van der Waals surface area contributed by atoms with Gasteiger partial charge in [-0.1, -0.05) is 18.7 Å². The zero-order valence-electron chi connectivity index (χ0n) is 11.6. The Morgan fingerprint density at radius 2 is 1.67 bits per heavy atom. The van der Waals surface area contributed by atoms with E-state index in [0.717, 1.165) is 24.6 Å². The first-order valence-corrected chi connectivity index (χ1v) is 8.62. The highest BCUT2D eigenvalue weighted by molar-refractivity contribution is 8.15. The Morgan fingerprint density at radius 1 is 1.17 bits per heavy atom. The first-order chi connectivity index (χ1) is 8.44. The summed E-state index contributed by atoms with van der Waals surface area (Å²) in [5, 5.41) is -0.296. The van der Waals surface area contributed by atoms with Gasteiger partial charge in [-0.2, -0.15) is 0 Å². The van der Waals surface area contributed by atoms with Gasteiger partial charge in [-0.15, -0.1) is 0 Å². The zero-order chi connectivity index (χ0) is 14.2. The molecule has 0 aromatic carbocycles. The van der Waals surface area contributed by atoms with Crippen molar-refractivity contribution in [3.8, 4) is 0 Å². The van der Waals surface area contributed by atoms with Crippen LogP contribution in [0.1, 0.15) is 26.7 Å². The third kappa shape index (κ3) is 5.62. The first kappa shape index (κ1) is 17.8. The SMILES string of the molecule is CCC(CC[Si](OC)(OC)OC)SC(=O)C(C)=O. The first-order valence-electron chi connectivity index (χ1n) is 5.81. The van der Waals surface area contributed by atoms with Crippen molar-refractivity contribution in [3.05, 3.63) is 0 Å². The molecule has 0 saturated carbocycles. The van der Waals surface area contributed by atoms with Gasteiger partial charge in [0.2, 0.25) is 5.78 Å². The molecule has 106 valence electrons. The molecule has 0 heterocycles. The Hall–Kier alpha value is -0.213. The molecule has 0 fully saturated rings. The van der Waals surface area contributed by atoms with E-state index in [0.29, 0.717) is 6.04 Å². The molecule has 0 saturated heterocycles. The van der Waals surface area contributed by atoms with Crippen LogP contribution in [0.25, 0.3) is 0 Å². The molecule has 0 bridgehead atoms. The van der Waals surface area contributed by atoms with E-state index in [2.05, 4.69) is 0 Å². The average Bonchev–Trinajstić information content (AvgIpc) is 2.39. The molecule has 1 unspecified atom stereocenters. The Bertz CT molecular complexity index is 272. The summed E-state index contributed by atoms with van der Waals surface area (Å²) < 4.78 is 16.0. The molecule has 0 aliphatic rings.